The molecule has 1 heterocycles. The fourth-order valence-electron chi connectivity index (χ4n) is 2.94. The molecule has 0 bridgehead atoms. The minimum atomic E-state index is -0.420. The van der Waals surface area contributed by atoms with E-state index in [2.05, 4.69) is 4.99 Å². The van der Waals surface area contributed by atoms with Crippen LogP contribution in [0.3, 0.4) is 0 Å². The average Bonchev–Trinajstić information content (AvgIpc) is 2.88. The van der Waals surface area contributed by atoms with E-state index in [0.717, 1.165) is 28.2 Å². The summed E-state index contributed by atoms with van der Waals surface area (Å²) in [5, 5.41) is 10.8. The number of aliphatic imine (C=N–C) groups is 1. The van der Waals surface area contributed by atoms with Crippen molar-refractivity contribution in [1.82, 2.24) is 4.57 Å². The Kier molecular flexibility index (Phi) is 4.67. The highest BCUT2D eigenvalue weighted by Gasteiger charge is 2.10. The van der Waals surface area contributed by atoms with Gasteiger partial charge in [0, 0.05) is 41.0 Å². The first-order valence-corrected chi connectivity index (χ1v) is 8.11. The number of non-ortho nitro benzene ring substituents is 1. The van der Waals surface area contributed by atoms with Crippen molar-refractivity contribution in [2.24, 2.45) is 4.99 Å². The molecular weight excluding hydrogens is 333 g/mol. The normalized spacial score (nSPS) is 11.2. The predicted molar refractivity (Wildman–Crippen MR) is 100 cm³/mol. The molecule has 1 aromatic heterocycles. The van der Waals surface area contributed by atoms with E-state index in [9.17, 15) is 14.5 Å². The van der Waals surface area contributed by atoms with Crippen molar-refractivity contribution in [3.63, 3.8) is 0 Å². The molecule has 0 atom stereocenters. The van der Waals surface area contributed by atoms with Crippen LogP contribution in [0.1, 0.15) is 22.5 Å². The maximum Gasteiger partial charge on any atom is 0.269 e. The molecular formula is C20H18FN3O2. The van der Waals surface area contributed by atoms with Crippen LogP contribution in [0.5, 0.6) is 0 Å². The van der Waals surface area contributed by atoms with E-state index < -0.39 is 4.92 Å². The summed E-state index contributed by atoms with van der Waals surface area (Å²) in [7, 11) is 0. The number of rotatable bonds is 4. The third-order valence-corrected chi connectivity index (χ3v) is 4.29. The second-order valence-electron chi connectivity index (χ2n) is 6.12. The number of nitrogens with zero attached hydrogens (tertiary/aromatic N) is 3. The fourth-order valence-corrected chi connectivity index (χ4v) is 2.94. The van der Waals surface area contributed by atoms with E-state index >= 15 is 0 Å². The molecule has 0 saturated carbocycles. The van der Waals surface area contributed by atoms with Gasteiger partial charge in [0.1, 0.15) is 5.82 Å². The molecule has 3 rings (SSSR count). The molecule has 6 heteroatoms. The van der Waals surface area contributed by atoms with E-state index in [4.69, 9.17) is 0 Å². The Hall–Kier alpha value is -3.28. The first-order valence-electron chi connectivity index (χ1n) is 8.11. The molecule has 0 N–H and O–H groups in total. The van der Waals surface area contributed by atoms with Crippen molar-refractivity contribution in [3.8, 4) is 5.69 Å². The second-order valence-corrected chi connectivity index (χ2v) is 6.12. The van der Waals surface area contributed by atoms with Gasteiger partial charge in [-0.05, 0) is 62.7 Å². The van der Waals surface area contributed by atoms with Crippen LogP contribution in [0.4, 0.5) is 15.8 Å². The van der Waals surface area contributed by atoms with Crippen LogP contribution in [0.25, 0.3) is 5.69 Å². The Morgan fingerprint density at radius 3 is 2.38 bits per heavy atom. The summed E-state index contributed by atoms with van der Waals surface area (Å²) in [6.45, 7) is 5.74. The van der Waals surface area contributed by atoms with E-state index in [1.165, 1.54) is 24.3 Å². The molecule has 0 unspecified atom stereocenters. The van der Waals surface area contributed by atoms with Crippen LogP contribution < -0.4 is 0 Å². The number of halogens is 1. The van der Waals surface area contributed by atoms with Gasteiger partial charge in [0.25, 0.3) is 5.69 Å². The SMILES string of the molecule is Cc1cc([N+](=O)[O-])ccc1N=Cc1cc(C)n(-c2ccc(F)cc2)c1C. The summed E-state index contributed by atoms with van der Waals surface area (Å²) < 4.78 is 15.2. The molecule has 2 aromatic carbocycles. The van der Waals surface area contributed by atoms with Gasteiger partial charge in [-0.2, -0.15) is 0 Å². The number of nitro benzene ring substituents is 1. The van der Waals surface area contributed by atoms with Crippen LogP contribution in [0.15, 0.2) is 53.5 Å². The Morgan fingerprint density at radius 1 is 1.08 bits per heavy atom. The van der Waals surface area contributed by atoms with Gasteiger partial charge in [-0.1, -0.05) is 0 Å². The first-order chi connectivity index (χ1) is 12.4. The Labute approximate surface area is 150 Å². The van der Waals surface area contributed by atoms with E-state index in [1.54, 1.807) is 31.3 Å². The second kappa shape index (κ2) is 6.92. The lowest BCUT2D eigenvalue weighted by Gasteiger charge is -2.09. The molecule has 132 valence electrons. The molecule has 0 aliphatic rings. The lowest BCUT2D eigenvalue weighted by Crippen LogP contribution is -1.99. The van der Waals surface area contributed by atoms with Crippen LogP contribution in [0, 0.1) is 36.7 Å². The zero-order chi connectivity index (χ0) is 18.8. The van der Waals surface area contributed by atoms with Crippen LogP contribution >= 0.6 is 0 Å². The first kappa shape index (κ1) is 17.5. The van der Waals surface area contributed by atoms with E-state index in [-0.39, 0.29) is 11.5 Å². The minimum Gasteiger partial charge on any atom is -0.318 e. The number of benzene rings is 2. The standard InChI is InChI=1S/C20H18FN3O2/c1-13-10-19(24(25)26)8-9-20(13)22-12-16-11-14(2)23(15(16)3)18-6-4-17(21)5-7-18/h4-12H,1-3H3. The predicted octanol–water partition coefficient (Wildman–Crippen LogP) is 5.20. The molecule has 0 amide bonds. The monoisotopic (exact) mass is 351 g/mol. The Bertz CT molecular complexity index is 1000. The van der Waals surface area contributed by atoms with Crippen LogP contribution in [0.2, 0.25) is 0 Å². The Morgan fingerprint density at radius 2 is 1.77 bits per heavy atom. The number of nitro groups is 1. The van der Waals surface area contributed by atoms with Gasteiger partial charge in [0.2, 0.25) is 0 Å². The summed E-state index contributed by atoms with van der Waals surface area (Å²) in [6.07, 6.45) is 1.75. The molecule has 26 heavy (non-hydrogen) atoms. The largest absolute Gasteiger partial charge is 0.318 e. The lowest BCUT2D eigenvalue weighted by atomic mass is 10.2. The fraction of sp³-hybridized carbons (Fsp3) is 0.150. The topological polar surface area (TPSA) is 60.4 Å². The summed E-state index contributed by atoms with van der Waals surface area (Å²) in [5.74, 6) is -0.272. The molecule has 0 spiro atoms. The smallest absolute Gasteiger partial charge is 0.269 e. The van der Waals surface area contributed by atoms with Crippen molar-refractivity contribution in [2.75, 3.05) is 0 Å². The van der Waals surface area contributed by atoms with E-state index in [1.807, 2.05) is 24.5 Å². The van der Waals surface area contributed by atoms with Crippen LogP contribution in [-0.2, 0) is 0 Å². The van der Waals surface area contributed by atoms with Gasteiger partial charge >= 0.3 is 0 Å². The summed E-state index contributed by atoms with van der Waals surface area (Å²) in [6, 6.07) is 12.9. The van der Waals surface area contributed by atoms with Gasteiger partial charge < -0.3 is 4.57 Å². The van der Waals surface area contributed by atoms with Crippen molar-refractivity contribution in [2.45, 2.75) is 20.8 Å². The molecule has 5 nitrogen and oxygen atoms in total. The molecule has 0 saturated heterocycles. The lowest BCUT2D eigenvalue weighted by molar-refractivity contribution is -0.384. The van der Waals surface area contributed by atoms with Gasteiger partial charge in [0.15, 0.2) is 0 Å². The van der Waals surface area contributed by atoms with Gasteiger partial charge in [0.05, 0.1) is 10.6 Å². The highest BCUT2D eigenvalue weighted by molar-refractivity contribution is 5.84. The maximum absolute atomic E-state index is 13.2. The zero-order valence-electron chi connectivity index (χ0n) is 14.7. The van der Waals surface area contributed by atoms with Crippen molar-refractivity contribution in [3.05, 3.63) is 87.0 Å². The summed E-state index contributed by atoms with van der Waals surface area (Å²) in [4.78, 5) is 14.9. The van der Waals surface area contributed by atoms with E-state index in [0.29, 0.717) is 5.69 Å². The molecule has 0 radical (unpaired) electrons. The number of hydrogen-bond acceptors (Lipinski definition) is 3. The van der Waals surface area contributed by atoms with Gasteiger partial charge in [-0.25, -0.2) is 4.39 Å². The van der Waals surface area contributed by atoms with Crippen molar-refractivity contribution >= 4 is 17.6 Å². The van der Waals surface area contributed by atoms with Crippen LogP contribution in [-0.4, -0.2) is 15.7 Å². The number of hydrogen-bond donors (Lipinski definition) is 0. The molecule has 3 aromatic rings. The third-order valence-electron chi connectivity index (χ3n) is 4.29. The third kappa shape index (κ3) is 3.39. The summed E-state index contributed by atoms with van der Waals surface area (Å²) >= 11 is 0. The quantitative estimate of drug-likeness (QED) is 0.368. The summed E-state index contributed by atoms with van der Waals surface area (Å²) in [5.41, 5.74) is 5.28. The molecule has 0 aliphatic heterocycles. The number of aryl methyl sites for hydroxylation is 2. The highest BCUT2D eigenvalue weighted by atomic mass is 19.1. The number of aromatic nitrogens is 1. The zero-order valence-corrected chi connectivity index (χ0v) is 14.7. The molecule has 0 aliphatic carbocycles. The highest BCUT2D eigenvalue weighted by Crippen LogP contribution is 2.25. The van der Waals surface area contributed by atoms with Crippen molar-refractivity contribution in [1.29, 1.82) is 0 Å². The molecule has 0 fully saturated rings. The maximum atomic E-state index is 13.2. The van der Waals surface area contributed by atoms with Gasteiger partial charge in [-0.3, -0.25) is 15.1 Å². The Balaban J connectivity index is 1.94. The van der Waals surface area contributed by atoms with Crippen molar-refractivity contribution < 1.29 is 9.31 Å². The minimum absolute atomic E-state index is 0.0518. The van der Waals surface area contributed by atoms with Gasteiger partial charge in [-0.15, -0.1) is 0 Å². The average molecular weight is 351 g/mol.